The summed E-state index contributed by atoms with van der Waals surface area (Å²) >= 11 is 2.98. The van der Waals surface area contributed by atoms with Gasteiger partial charge in [-0.25, -0.2) is 0 Å². The lowest BCUT2D eigenvalue weighted by Crippen LogP contribution is -2.28. The molecule has 1 aromatic carbocycles. The summed E-state index contributed by atoms with van der Waals surface area (Å²) in [5, 5.41) is 0.639. The molecule has 0 aliphatic carbocycles. The second-order valence-corrected chi connectivity index (χ2v) is 7.49. The Morgan fingerprint density at radius 1 is 1.45 bits per heavy atom. The number of aromatic nitrogens is 1. The first-order chi connectivity index (χ1) is 10.6. The monoisotopic (exact) mass is 331 g/mol. The standard InChI is InChI=1S/C16H17N3OS2/c1-16(5-6-21-15(17)19-16)12-4-2-3-11(7-12)8-13(20)14-9-18-10-22-14/h2-4,7,9-10H,5-6,8H2,1H3,(H2,17,19). The number of carbonyl (C=O) groups is 1. The van der Waals surface area contributed by atoms with E-state index in [2.05, 4.69) is 29.0 Å². The number of thiazole rings is 1. The highest BCUT2D eigenvalue weighted by atomic mass is 32.2. The maximum absolute atomic E-state index is 12.2. The van der Waals surface area contributed by atoms with Gasteiger partial charge in [0.25, 0.3) is 0 Å². The van der Waals surface area contributed by atoms with Crippen molar-refractivity contribution in [2.75, 3.05) is 5.75 Å². The summed E-state index contributed by atoms with van der Waals surface area (Å²) in [5.41, 5.74) is 9.39. The topological polar surface area (TPSA) is 68.3 Å². The highest BCUT2D eigenvalue weighted by Crippen LogP contribution is 2.35. The first kappa shape index (κ1) is 15.2. The molecule has 6 heteroatoms. The number of aliphatic imine (C=N–C) groups is 1. The van der Waals surface area contributed by atoms with Crippen LogP contribution in [0.25, 0.3) is 0 Å². The fourth-order valence-electron chi connectivity index (χ4n) is 2.54. The van der Waals surface area contributed by atoms with Gasteiger partial charge in [-0.2, -0.15) is 0 Å². The largest absolute Gasteiger partial charge is 0.379 e. The zero-order valence-corrected chi connectivity index (χ0v) is 13.9. The average Bonchev–Trinajstić information content (AvgIpc) is 3.01. The Bertz CT molecular complexity index is 712. The van der Waals surface area contributed by atoms with Gasteiger partial charge in [-0.05, 0) is 24.5 Å². The highest BCUT2D eigenvalue weighted by Gasteiger charge is 2.29. The average molecular weight is 331 g/mol. The molecule has 3 rings (SSSR count). The van der Waals surface area contributed by atoms with Gasteiger partial charge in [0.1, 0.15) is 0 Å². The third-order valence-corrected chi connectivity index (χ3v) is 5.43. The van der Waals surface area contributed by atoms with Crippen LogP contribution in [0.15, 0.2) is 41.0 Å². The second kappa shape index (κ2) is 6.22. The SMILES string of the molecule is CC1(c2cccc(CC(=O)c3cncs3)c2)CCSC(N)=N1. The van der Waals surface area contributed by atoms with Crippen LogP contribution in [0.4, 0.5) is 0 Å². The van der Waals surface area contributed by atoms with Gasteiger partial charge in [0.15, 0.2) is 11.0 Å². The number of ketones is 1. The number of nitrogens with two attached hydrogens (primary N) is 1. The predicted molar refractivity (Wildman–Crippen MR) is 92.6 cm³/mol. The van der Waals surface area contributed by atoms with Crippen LogP contribution in [-0.4, -0.2) is 21.7 Å². The van der Waals surface area contributed by atoms with E-state index in [4.69, 9.17) is 5.73 Å². The Morgan fingerprint density at radius 3 is 3.05 bits per heavy atom. The van der Waals surface area contributed by atoms with E-state index in [1.54, 1.807) is 23.5 Å². The van der Waals surface area contributed by atoms with E-state index in [9.17, 15) is 4.79 Å². The van der Waals surface area contributed by atoms with Crippen molar-refractivity contribution in [1.29, 1.82) is 0 Å². The Morgan fingerprint density at radius 2 is 2.32 bits per heavy atom. The minimum Gasteiger partial charge on any atom is -0.379 e. The number of nitrogens with zero attached hydrogens (tertiary/aromatic N) is 2. The molecule has 2 aromatic rings. The van der Waals surface area contributed by atoms with Crippen LogP contribution < -0.4 is 5.73 Å². The summed E-state index contributed by atoms with van der Waals surface area (Å²) in [5.74, 6) is 1.07. The molecule has 22 heavy (non-hydrogen) atoms. The molecule has 1 unspecified atom stereocenters. The van der Waals surface area contributed by atoms with Gasteiger partial charge in [-0.15, -0.1) is 11.3 Å². The van der Waals surface area contributed by atoms with Gasteiger partial charge >= 0.3 is 0 Å². The number of hydrogen-bond acceptors (Lipinski definition) is 6. The summed E-state index contributed by atoms with van der Waals surface area (Å²) in [6, 6.07) is 8.11. The van der Waals surface area contributed by atoms with Crippen molar-refractivity contribution in [2.24, 2.45) is 10.7 Å². The normalized spacial score (nSPS) is 21.4. The van der Waals surface area contributed by atoms with Crippen LogP contribution in [0.3, 0.4) is 0 Å². The smallest absolute Gasteiger partial charge is 0.178 e. The van der Waals surface area contributed by atoms with Gasteiger partial charge in [-0.3, -0.25) is 14.8 Å². The predicted octanol–water partition coefficient (Wildman–Crippen LogP) is 3.24. The van der Waals surface area contributed by atoms with Gasteiger partial charge in [0, 0.05) is 18.4 Å². The van der Waals surface area contributed by atoms with Crippen LogP contribution >= 0.6 is 23.1 Å². The Kier molecular flexibility index (Phi) is 4.31. The van der Waals surface area contributed by atoms with E-state index >= 15 is 0 Å². The molecule has 2 N–H and O–H groups in total. The number of thioether (sulfide) groups is 1. The lowest BCUT2D eigenvalue weighted by atomic mass is 9.88. The second-order valence-electron chi connectivity index (χ2n) is 5.49. The number of hydrogen-bond donors (Lipinski definition) is 1. The summed E-state index contributed by atoms with van der Waals surface area (Å²) in [6.45, 7) is 2.10. The number of rotatable bonds is 4. The minimum absolute atomic E-state index is 0.104. The van der Waals surface area contributed by atoms with Crippen molar-refractivity contribution < 1.29 is 4.79 Å². The molecular weight excluding hydrogens is 314 g/mol. The van der Waals surface area contributed by atoms with E-state index in [1.165, 1.54) is 11.3 Å². The fourth-order valence-corrected chi connectivity index (χ4v) is 4.07. The van der Waals surface area contributed by atoms with Crippen molar-refractivity contribution in [3.05, 3.63) is 52.0 Å². The van der Waals surface area contributed by atoms with Crippen LogP contribution in [0.1, 0.15) is 34.1 Å². The Balaban J connectivity index is 1.84. The molecule has 0 amide bonds. The molecule has 1 atom stereocenters. The van der Waals surface area contributed by atoms with Crippen molar-refractivity contribution in [1.82, 2.24) is 4.98 Å². The molecular formula is C16H17N3OS2. The van der Waals surface area contributed by atoms with E-state index in [0.29, 0.717) is 16.5 Å². The number of carbonyl (C=O) groups excluding carboxylic acids is 1. The number of amidine groups is 1. The molecule has 0 fully saturated rings. The molecule has 0 radical (unpaired) electrons. The zero-order chi connectivity index (χ0) is 15.6. The maximum atomic E-state index is 12.2. The third-order valence-electron chi connectivity index (χ3n) is 3.82. The summed E-state index contributed by atoms with van der Waals surface area (Å²) < 4.78 is 0. The van der Waals surface area contributed by atoms with Crippen molar-refractivity contribution >= 4 is 34.0 Å². The highest BCUT2D eigenvalue weighted by molar-refractivity contribution is 8.13. The molecule has 0 bridgehead atoms. The van der Waals surface area contributed by atoms with Crippen molar-refractivity contribution in [3.8, 4) is 0 Å². The summed E-state index contributed by atoms with van der Waals surface area (Å²) in [7, 11) is 0. The molecule has 114 valence electrons. The fraction of sp³-hybridized carbons (Fsp3) is 0.312. The molecule has 1 aromatic heterocycles. The van der Waals surface area contributed by atoms with Crippen LogP contribution in [0.5, 0.6) is 0 Å². The molecule has 2 heterocycles. The summed E-state index contributed by atoms with van der Waals surface area (Å²) in [4.78, 5) is 21.5. The van der Waals surface area contributed by atoms with E-state index < -0.39 is 0 Å². The molecule has 1 aliphatic rings. The Labute approximate surface area is 137 Å². The lowest BCUT2D eigenvalue weighted by molar-refractivity contribution is 0.0996. The van der Waals surface area contributed by atoms with Gasteiger partial charge in [-0.1, -0.05) is 36.0 Å². The maximum Gasteiger partial charge on any atom is 0.178 e. The van der Waals surface area contributed by atoms with Crippen LogP contribution in [0.2, 0.25) is 0 Å². The molecule has 0 spiro atoms. The lowest BCUT2D eigenvalue weighted by Gasteiger charge is -2.30. The van der Waals surface area contributed by atoms with E-state index in [-0.39, 0.29) is 11.3 Å². The van der Waals surface area contributed by atoms with Crippen LogP contribution in [-0.2, 0) is 12.0 Å². The number of Topliss-reactive ketones (excluding diaryl/α,β-unsaturated/α-hetero) is 1. The first-order valence-corrected chi connectivity index (χ1v) is 8.92. The Hall–Kier alpha value is -1.66. The minimum atomic E-state index is -0.293. The molecule has 0 saturated heterocycles. The first-order valence-electron chi connectivity index (χ1n) is 7.06. The molecule has 0 saturated carbocycles. The van der Waals surface area contributed by atoms with E-state index in [0.717, 1.165) is 23.3 Å². The molecule has 1 aliphatic heterocycles. The van der Waals surface area contributed by atoms with Gasteiger partial charge in [0.2, 0.25) is 0 Å². The summed E-state index contributed by atoms with van der Waals surface area (Å²) in [6.07, 6.45) is 2.96. The van der Waals surface area contributed by atoms with Gasteiger partial charge in [0.05, 0.1) is 15.9 Å². The van der Waals surface area contributed by atoms with Gasteiger partial charge < -0.3 is 5.73 Å². The quantitative estimate of drug-likeness (QED) is 0.873. The number of benzene rings is 1. The van der Waals surface area contributed by atoms with Crippen molar-refractivity contribution in [3.63, 3.8) is 0 Å². The van der Waals surface area contributed by atoms with E-state index in [1.807, 2.05) is 12.1 Å². The molecule has 4 nitrogen and oxygen atoms in total. The van der Waals surface area contributed by atoms with Crippen molar-refractivity contribution in [2.45, 2.75) is 25.3 Å². The zero-order valence-electron chi connectivity index (χ0n) is 12.3. The van der Waals surface area contributed by atoms with Crippen LogP contribution in [0, 0.1) is 0 Å². The third kappa shape index (κ3) is 3.23.